The largest absolute Gasteiger partial charge is 0.485 e. The molecule has 192 valence electrons. The number of fused-ring (bicyclic) bond motifs is 1. The first-order chi connectivity index (χ1) is 17.0. The monoisotopic (exact) mass is 533 g/mol. The molecule has 0 saturated heterocycles. The normalized spacial score (nSPS) is 19.3. The number of hydrogen-bond donors (Lipinski definition) is 1. The number of nitro groups is 1. The minimum atomic E-state index is -3.33. The molecule has 0 fully saturated rings. The van der Waals surface area contributed by atoms with E-state index in [1.165, 1.54) is 12.1 Å². The van der Waals surface area contributed by atoms with Crippen LogP contribution < -0.4 is 9.88 Å². The van der Waals surface area contributed by atoms with E-state index in [4.69, 9.17) is 21.5 Å². The third-order valence-corrected chi connectivity index (χ3v) is 7.87. The highest BCUT2D eigenvalue weighted by Crippen LogP contribution is 2.39. The van der Waals surface area contributed by atoms with Crippen molar-refractivity contribution in [3.05, 3.63) is 80.9 Å². The maximum Gasteiger partial charge on any atom is 0.311 e. The van der Waals surface area contributed by atoms with Crippen LogP contribution in [-0.4, -0.2) is 33.7 Å². The van der Waals surface area contributed by atoms with E-state index in [1.807, 2.05) is 6.07 Å². The number of amides is 1. The van der Waals surface area contributed by atoms with Gasteiger partial charge < -0.3 is 9.53 Å². The van der Waals surface area contributed by atoms with E-state index in [2.05, 4.69) is 10.9 Å². The smallest absolute Gasteiger partial charge is 0.311 e. The van der Waals surface area contributed by atoms with E-state index in [0.29, 0.717) is 17.9 Å². The lowest BCUT2D eigenvalue weighted by Crippen LogP contribution is -2.38. The van der Waals surface area contributed by atoms with Crippen molar-refractivity contribution < 1.29 is 23.5 Å². The first-order valence-electron chi connectivity index (χ1n) is 11.3. The summed E-state index contributed by atoms with van der Waals surface area (Å²) < 4.78 is 22.0. The van der Waals surface area contributed by atoms with Gasteiger partial charge in [0.25, 0.3) is 5.91 Å². The van der Waals surface area contributed by atoms with Crippen molar-refractivity contribution in [2.45, 2.75) is 38.0 Å². The minimum absolute atomic E-state index is 0.0193. The topological polar surface area (TPSA) is 142 Å². The van der Waals surface area contributed by atoms with E-state index >= 15 is 0 Å². The number of carbonyl (C=O) groups excluding carboxylic acids is 2. The Labute approximate surface area is 215 Å². The van der Waals surface area contributed by atoms with E-state index in [9.17, 15) is 23.9 Å². The molecule has 11 heteroatoms. The summed E-state index contributed by atoms with van der Waals surface area (Å²) in [5.74, 6) is -1.15. The third kappa shape index (κ3) is 6.37. The maximum atomic E-state index is 12.6. The molecule has 2 aromatic rings. The van der Waals surface area contributed by atoms with Crippen molar-refractivity contribution in [1.29, 1.82) is 0 Å². The van der Waals surface area contributed by atoms with Gasteiger partial charge in [-0.1, -0.05) is 30.7 Å². The summed E-state index contributed by atoms with van der Waals surface area (Å²) >= 11 is 6.10. The second-order valence-corrected chi connectivity index (χ2v) is 11.4. The van der Waals surface area contributed by atoms with Crippen LogP contribution in [0.25, 0.3) is 0 Å². The van der Waals surface area contributed by atoms with Crippen molar-refractivity contribution >= 4 is 39.4 Å². The van der Waals surface area contributed by atoms with Gasteiger partial charge in [-0.05, 0) is 67.0 Å². The summed E-state index contributed by atoms with van der Waals surface area (Å²) in [5, 5.41) is 18.0. The molecule has 0 bridgehead atoms. The third-order valence-electron chi connectivity index (χ3n) is 6.12. The molecule has 0 aliphatic heterocycles. The highest BCUT2D eigenvalue weighted by atomic mass is 35.5. The predicted octanol–water partition coefficient (Wildman–Crippen LogP) is 4.79. The Balaban J connectivity index is 1.87. The van der Waals surface area contributed by atoms with Gasteiger partial charge in [-0.3, -0.25) is 14.9 Å². The number of aryl methyl sites for hydroxylation is 1. The summed E-state index contributed by atoms with van der Waals surface area (Å²) in [6.07, 6.45) is 5.03. The summed E-state index contributed by atoms with van der Waals surface area (Å²) in [7, 11) is -3.33. The first kappa shape index (κ1) is 27.5. The summed E-state index contributed by atoms with van der Waals surface area (Å²) in [6, 6.07) is 8.86. The van der Waals surface area contributed by atoms with Crippen molar-refractivity contribution in [2.75, 3.05) is 12.4 Å². The van der Waals surface area contributed by atoms with E-state index in [0.717, 1.165) is 36.3 Å². The predicted molar refractivity (Wildman–Crippen MR) is 139 cm³/mol. The Bertz CT molecular complexity index is 1320. The molecule has 2 N–H and O–H groups in total. The second kappa shape index (κ2) is 11.3. The number of hydrogen-bond acceptors (Lipinski definition) is 6. The molecule has 0 heterocycles. The van der Waals surface area contributed by atoms with Crippen molar-refractivity contribution in [1.82, 2.24) is 0 Å². The lowest BCUT2D eigenvalue weighted by atomic mass is 9.71. The Morgan fingerprint density at radius 1 is 1.39 bits per heavy atom. The van der Waals surface area contributed by atoms with Crippen molar-refractivity contribution in [2.24, 2.45) is 15.4 Å². The molecule has 0 radical (unpaired) electrons. The molecule has 9 nitrogen and oxygen atoms in total. The number of nitrogens with two attached hydrogens (primary N) is 1. The molecule has 1 unspecified atom stereocenters. The van der Waals surface area contributed by atoms with Gasteiger partial charge in [0.15, 0.2) is 5.75 Å². The number of benzene rings is 2. The van der Waals surface area contributed by atoms with E-state index in [-0.39, 0.29) is 29.6 Å². The molecular weight excluding hydrogens is 506 g/mol. The average molecular weight is 534 g/mol. The lowest BCUT2D eigenvalue weighted by molar-refractivity contribution is -0.385. The molecule has 3 rings (SSSR count). The number of ether oxygens (including phenoxy) is 1. The zero-order chi connectivity index (χ0) is 26.5. The van der Waals surface area contributed by atoms with Gasteiger partial charge in [-0.15, -0.1) is 10.9 Å². The Hall–Kier alpha value is -3.08. The highest BCUT2D eigenvalue weighted by molar-refractivity contribution is 7.91. The summed E-state index contributed by atoms with van der Waals surface area (Å²) in [5.41, 5.74) is 0.113. The molecule has 0 spiro atoms. The first-order valence-corrected chi connectivity index (χ1v) is 13.5. The summed E-state index contributed by atoms with van der Waals surface area (Å²) in [4.78, 5) is 35.9. The Kier molecular flexibility index (Phi) is 8.65. The Morgan fingerprint density at radius 2 is 2.14 bits per heavy atom. The second-order valence-electron chi connectivity index (χ2n) is 9.04. The molecule has 3 atom stereocenters. The molecule has 2 aromatic carbocycles. The fraction of sp³-hybridized carbons (Fsp3) is 0.360. The number of halogens is 1. The van der Waals surface area contributed by atoms with Crippen LogP contribution in [0.15, 0.2) is 53.4 Å². The van der Waals surface area contributed by atoms with Crippen molar-refractivity contribution in [3.8, 4) is 5.75 Å². The number of aldehydes is 1. The minimum Gasteiger partial charge on any atom is -0.485 e. The zero-order valence-electron chi connectivity index (χ0n) is 19.9. The standard InChI is InChI=1S/C25H28ClN3O6S/c1-3-5-17(2)14-36(27,34)28-24(31)19-7-10-23(22(13-19)29(32)33)35-16-25(15-30)11-4-6-18-12-20(26)8-9-21(18)25/h3,7-10,12-13,15,17H,1,4-6,11,14,16H2,2H3,(H2,27,28,31,34)/t17-,25-,36?/m0/s1. The van der Waals surface area contributed by atoms with Crippen LogP contribution in [0, 0.1) is 16.0 Å². The number of rotatable bonds is 10. The summed E-state index contributed by atoms with van der Waals surface area (Å²) in [6.45, 7) is 5.29. The van der Waals surface area contributed by atoms with E-state index in [1.54, 1.807) is 25.1 Å². The van der Waals surface area contributed by atoms with Crippen LogP contribution in [0.5, 0.6) is 5.75 Å². The molecular formula is C25H28ClN3O6S. The fourth-order valence-electron chi connectivity index (χ4n) is 4.40. The zero-order valence-corrected chi connectivity index (χ0v) is 21.4. The van der Waals surface area contributed by atoms with Crippen LogP contribution >= 0.6 is 11.6 Å². The van der Waals surface area contributed by atoms with Gasteiger partial charge >= 0.3 is 5.69 Å². The van der Waals surface area contributed by atoms with Crippen molar-refractivity contribution in [3.63, 3.8) is 0 Å². The van der Waals surface area contributed by atoms with Gasteiger partial charge in [0.1, 0.15) is 22.8 Å². The quantitative estimate of drug-likeness (QED) is 0.201. The lowest BCUT2D eigenvalue weighted by Gasteiger charge is -2.34. The fourth-order valence-corrected chi connectivity index (χ4v) is 6.01. The molecule has 1 aliphatic carbocycles. The molecule has 1 aliphatic rings. The number of allylic oxidation sites excluding steroid dienone is 1. The van der Waals surface area contributed by atoms with Crippen LogP contribution in [0.3, 0.4) is 0 Å². The average Bonchev–Trinajstić information content (AvgIpc) is 2.81. The van der Waals surface area contributed by atoms with Gasteiger partial charge in [-0.25, -0.2) is 9.35 Å². The van der Waals surface area contributed by atoms with E-state index < -0.39 is 31.8 Å². The Morgan fingerprint density at radius 3 is 2.81 bits per heavy atom. The van der Waals surface area contributed by atoms with Crippen LogP contribution in [0.4, 0.5) is 5.69 Å². The molecule has 36 heavy (non-hydrogen) atoms. The van der Waals surface area contributed by atoms with Gasteiger partial charge in [0.05, 0.1) is 10.3 Å². The highest BCUT2D eigenvalue weighted by Gasteiger charge is 2.38. The van der Waals surface area contributed by atoms with Crippen LogP contribution in [-0.2, 0) is 26.5 Å². The number of nitrogens with zero attached hydrogens (tertiary/aromatic N) is 2. The number of carbonyl (C=O) groups is 2. The molecule has 0 saturated carbocycles. The van der Waals surface area contributed by atoms with Gasteiger partial charge in [-0.2, -0.15) is 0 Å². The van der Waals surface area contributed by atoms with Gasteiger partial charge in [0.2, 0.25) is 0 Å². The maximum absolute atomic E-state index is 12.6. The van der Waals surface area contributed by atoms with Crippen LogP contribution in [0.2, 0.25) is 5.02 Å². The molecule has 1 amide bonds. The van der Waals surface area contributed by atoms with Crippen LogP contribution in [0.1, 0.15) is 47.7 Å². The number of nitro benzene ring substituents is 1. The molecule has 0 aromatic heterocycles. The SMILES string of the molecule is C=CC[C@H](C)CS(N)(=O)=NC(=O)c1ccc(OC[C@@]2(C=O)CCCc3cc(Cl)ccc32)c([N+](=O)[O-])c1. The van der Waals surface area contributed by atoms with Gasteiger partial charge in [0, 0.05) is 22.4 Å².